The fraction of sp³-hybridized carbons (Fsp3) is 0.577. The van der Waals surface area contributed by atoms with Gasteiger partial charge in [-0.25, -0.2) is 4.39 Å². The molecule has 0 radical (unpaired) electrons. The predicted molar refractivity (Wildman–Crippen MR) is 121 cm³/mol. The quantitative estimate of drug-likeness (QED) is 0.585. The average Bonchev–Trinajstić information content (AvgIpc) is 2.71. The molecule has 1 heterocycles. The van der Waals surface area contributed by atoms with Crippen LogP contribution in [0.1, 0.15) is 52.0 Å². The Morgan fingerprint density at radius 3 is 2.45 bits per heavy atom. The number of ether oxygens (including phenoxy) is 2. The highest BCUT2D eigenvalue weighted by Crippen LogP contribution is 2.39. The molecule has 4 nitrogen and oxygen atoms in total. The minimum atomic E-state index is -0.267. The molecule has 0 unspecified atom stereocenters. The van der Waals surface area contributed by atoms with Gasteiger partial charge in [0, 0.05) is 25.0 Å². The summed E-state index contributed by atoms with van der Waals surface area (Å²) < 4.78 is 26.0. The molecule has 2 fully saturated rings. The molecule has 5 heteroatoms. The maximum Gasteiger partial charge on any atom is 0.311 e. The molecule has 1 saturated heterocycles. The third-order valence-electron chi connectivity index (χ3n) is 7.07. The van der Waals surface area contributed by atoms with Gasteiger partial charge in [-0.05, 0) is 60.1 Å². The summed E-state index contributed by atoms with van der Waals surface area (Å²) in [7, 11) is 1.43. The van der Waals surface area contributed by atoms with Crippen molar-refractivity contribution < 1.29 is 18.7 Å². The molecule has 0 bridgehead atoms. The van der Waals surface area contributed by atoms with Crippen molar-refractivity contribution in [2.24, 2.45) is 17.3 Å². The number of carbonyl (C=O) groups is 1. The van der Waals surface area contributed by atoms with Crippen LogP contribution in [-0.2, 0) is 16.1 Å². The van der Waals surface area contributed by atoms with E-state index in [4.69, 9.17) is 9.47 Å². The molecule has 0 spiro atoms. The molecule has 2 aromatic rings. The van der Waals surface area contributed by atoms with Gasteiger partial charge in [0.25, 0.3) is 0 Å². The summed E-state index contributed by atoms with van der Waals surface area (Å²) in [4.78, 5) is 13.7. The van der Waals surface area contributed by atoms with Crippen molar-refractivity contribution in [2.45, 2.75) is 59.1 Å². The van der Waals surface area contributed by atoms with Crippen molar-refractivity contribution in [1.29, 1.82) is 0 Å². The first-order valence-corrected chi connectivity index (χ1v) is 11.4. The van der Waals surface area contributed by atoms with Crippen LogP contribution >= 0.6 is 0 Å². The molecule has 2 aliphatic rings. The van der Waals surface area contributed by atoms with Crippen molar-refractivity contribution in [3.05, 3.63) is 41.7 Å². The minimum absolute atomic E-state index is 0.0268. The fourth-order valence-electron chi connectivity index (χ4n) is 5.01. The number of hydrogen-bond acceptors (Lipinski definition) is 4. The molecule has 31 heavy (non-hydrogen) atoms. The molecular weight excluding hydrogens is 393 g/mol. The van der Waals surface area contributed by atoms with Crippen LogP contribution in [0, 0.1) is 23.1 Å². The topological polar surface area (TPSA) is 38.8 Å². The lowest BCUT2D eigenvalue weighted by Crippen LogP contribution is -2.49. The molecule has 0 N–H and O–H groups in total. The molecule has 0 atom stereocenters. The molecular formula is C26H34FNO3. The average molecular weight is 428 g/mol. The monoisotopic (exact) mass is 427 g/mol. The molecule has 0 amide bonds. The highest BCUT2D eigenvalue weighted by molar-refractivity contribution is 5.85. The zero-order valence-electron chi connectivity index (χ0n) is 19.1. The Morgan fingerprint density at radius 2 is 1.81 bits per heavy atom. The summed E-state index contributed by atoms with van der Waals surface area (Å²) in [6.07, 6.45) is 4.35. The Kier molecular flexibility index (Phi) is 6.25. The molecule has 0 aromatic heterocycles. The van der Waals surface area contributed by atoms with Crippen LogP contribution in [0.2, 0.25) is 0 Å². The lowest BCUT2D eigenvalue weighted by atomic mass is 9.72. The molecule has 4 rings (SSSR count). The van der Waals surface area contributed by atoms with E-state index in [1.807, 2.05) is 24.3 Å². The molecule has 1 aliphatic heterocycles. The van der Waals surface area contributed by atoms with E-state index < -0.39 is 0 Å². The van der Waals surface area contributed by atoms with Crippen molar-refractivity contribution in [2.75, 3.05) is 20.2 Å². The number of benzene rings is 2. The number of likely N-dealkylation sites (tertiary alicyclic amines) is 1. The number of methoxy groups -OCH3 is 1. The van der Waals surface area contributed by atoms with E-state index in [1.54, 1.807) is 6.07 Å². The van der Waals surface area contributed by atoms with E-state index >= 15 is 4.39 Å². The third kappa shape index (κ3) is 4.87. The Balaban J connectivity index is 1.38. The van der Waals surface area contributed by atoms with Gasteiger partial charge in [-0.1, -0.05) is 39.0 Å². The van der Waals surface area contributed by atoms with Gasteiger partial charge in [-0.3, -0.25) is 9.69 Å². The summed E-state index contributed by atoms with van der Waals surface area (Å²) in [5.41, 5.74) is 1.44. The van der Waals surface area contributed by atoms with E-state index in [-0.39, 0.29) is 23.8 Å². The van der Waals surface area contributed by atoms with Gasteiger partial charge in [-0.15, -0.1) is 0 Å². The van der Waals surface area contributed by atoms with Crippen LogP contribution in [0.3, 0.4) is 0 Å². The number of esters is 1. The summed E-state index contributed by atoms with van der Waals surface area (Å²) in [6.45, 7) is 9.08. The smallest absolute Gasteiger partial charge is 0.311 e. The number of rotatable bonds is 5. The first-order chi connectivity index (χ1) is 14.7. The Morgan fingerprint density at radius 1 is 1.10 bits per heavy atom. The third-order valence-corrected chi connectivity index (χ3v) is 7.07. The number of hydrogen-bond donors (Lipinski definition) is 0. The summed E-state index contributed by atoms with van der Waals surface area (Å²) in [6, 6.07) is 9.57. The fourth-order valence-corrected chi connectivity index (χ4v) is 5.01. The van der Waals surface area contributed by atoms with Crippen molar-refractivity contribution in [3.63, 3.8) is 0 Å². The largest absolute Gasteiger partial charge is 0.487 e. The minimum Gasteiger partial charge on any atom is -0.487 e. The maximum absolute atomic E-state index is 15.2. The number of nitrogens with zero attached hydrogens (tertiary/aromatic N) is 1. The second-order valence-corrected chi connectivity index (χ2v) is 10.3. The van der Waals surface area contributed by atoms with Crippen molar-refractivity contribution >= 4 is 16.7 Å². The summed E-state index contributed by atoms with van der Waals surface area (Å²) >= 11 is 0. The van der Waals surface area contributed by atoms with E-state index in [2.05, 4.69) is 25.7 Å². The Bertz CT molecular complexity index is 938. The summed E-state index contributed by atoms with van der Waals surface area (Å²) in [5.74, 6) is 0.638. The maximum atomic E-state index is 15.2. The zero-order valence-corrected chi connectivity index (χ0v) is 19.1. The van der Waals surface area contributed by atoms with Gasteiger partial charge in [0.1, 0.15) is 0 Å². The van der Waals surface area contributed by atoms with E-state index in [0.717, 1.165) is 43.2 Å². The van der Waals surface area contributed by atoms with Gasteiger partial charge in [-0.2, -0.15) is 0 Å². The molecule has 1 saturated carbocycles. The number of fused-ring (bicyclic) bond motifs is 1. The van der Waals surface area contributed by atoms with E-state index in [9.17, 15) is 4.79 Å². The standard InChI is InChI=1S/C26H34FNO3/c1-26(2,3)20-7-9-21(10-8-20)31-23-12-6-18-13-17(5-11-22(18)24(23)27)14-28-15-19(16-28)25(29)30-4/h5-6,11-13,19-21H,7-10,14-16H2,1-4H3. The van der Waals surface area contributed by atoms with Gasteiger partial charge in [0.2, 0.25) is 0 Å². The highest BCUT2D eigenvalue weighted by atomic mass is 19.1. The second-order valence-electron chi connectivity index (χ2n) is 10.3. The first-order valence-electron chi connectivity index (χ1n) is 11.4. The highest BCUT2D eigenvalue weighted by Gasteiger charge is 2.33. The van der Waals surface area contributed by atoms with Crippen LogP contribution in [0.15, 0.2) is 30.3 Å². The first kappa shape index (κ1) is 22.1. The van der Waals surface area contributed by atoms with Crippen LogP contribution in [0.5, 0.6) is 5.75 Å². The van der Waals surface area contributed by atoms with E-state index in [1.165, 1.54) is 7.11 Å². The van der Waals surface area contributed by atoms with Crippen molar-refractivity contribution in [1.82, 2.24) is 4.90 Å². The normalized spacial score (nSPS) is 22.9. The lowest BCUT2D eigenvalue weighted by molar-refractivity contribution is -0.151. The molecule has 2 aromatic carbocycles. The van der Waals surface area contributed by atoms with Gasteiger partial charge in [0.15, 0.2) is 11.6 Å². The number of halogens is 1. The van der Waals surface area contributed by atoms with Gasteiger partial charge >= 0.3 is 5.97 Å². The SMILES string of the molecule is COC(=O)C1CN(Cc2ccc3c(F)c(OC4CCC(C(C)(C)C)CC4)ccc3c2)C1. The second kappa shape index (κ2) is 8.78. The Hall–Kier alpha value is -2.14. The van der Waals surface area contributed by atoms with Crippen LogP contribution in [-0.4, -0.2) is 37.2 Å². The van der Waals surface area contributed by atoms with Crippen LogP contribution in [0.25, 0.3) is 10.8 Å². The lowest BCUT2D eigenvalue weighted by Gasteiger charge is -2.37. The summed E-state index contributed by atoms with van der Waals surface area (Å²) in [5, 5.41) is 1.48. The van der Waals surface area contributed by atoms with Crippen LogP contribution in [0.4, 0.5) is 4.39 Å². The molecule has 168 valence electrons. The van der Waals surface area contributed by atoms with Gasteiger partial charge in [0.05, 0.1) is 19.1 Å². The van der Waals surface area contributed by atoms with Crippen LogP contribution < -0.4 is 4.74 Å². The predicted octanol–water partition coefficient (Wildman–Crippen LogP) is 5.57. The van der Waals surface area contributed by atoms with Gasteiger partial charge < -0.3 is 9.47 Å². The van der Waals surface area contributed by atoms with Crippen molar-refractivity contribution in [3.8, 4) is 5.75 Å². The Labute approximate surface area is 184 Å². The molecule has 1 aliphatic carbocycles. The number of carbonyl (C=O) groups excluding carboxylic acids is 1. The van der Waals surface area contributed by atoms with E-state index in [0.29, 0.717) is 35.6 Å². The zero-order chi connectivity index (χ0) is 22.2.